The molecule has 0 spiro atoms. The average molecular weight is 237 g/mol. The number of nitrogens with one attached hydrogen (secondary N) is 1. The van der Waals surface area contributed by atoms with Crippen molar-refractivity contribution in [1.29, 1.82) is 0 Å². The van der Waals surface area contributed by atoms with Gasteiger partial charge in [-0.25, -0.2) is 0 Å². The van der Waals surface area contributed by atoms with Gasteiger partial charge in [0.2, 0.25) is 0 Å². The Morgan fingerprint density at radius 3 is 2.76 bits per heavy atom. The van der Waals surface area contributed by atoms with Crippen LogP contribution in [0.5, 0.6) is 0 Å². The summed E-state index contributed by atoms with van der Waals surface area (Å²) in [7, 11) is 0. The minimum absolute atomic E-state index is 0.457. The van der Waals surface area contributed by atoms with Crippen molar-refractivity contribution in [1.82, 2.24) is 5.32 Å². The van der Waals surface area contributed by atoms with E-state index in [0.29, 0.717) is 12.1 Å². The normalized spacial score (nSPS) is 21.3. The van der Waals surface area contributed by atoms with Crippen molar-refractivity contribution < 1.29 is 9.15 Å². The monoisotopic (exact) mass is 237 g/mol. The summed E-state index contributed by atoms with van der Waals surface area (Å²) in [6.45, 7) is 6.35. The van der Waals surface area contributed by atoms with Crippen LogP contribution in [-0.4, -0.2) is 25.3 Å². The van der Waals surface area contributed by atoms with E-state index >= 15 is 0 Å². The highest BCUT2D eigenvalue weighted by Gasteiger charge is 2.21. The molecule has 0 bridgehead atoms. The molecule has 96 valence electrons. The summed E-state index contributed by atoms with van der Waals surface area (Å²) in [5.74, 6) is 1.81. The van der Waals surface area contributed by atoms with Gasteiger partial charge >= 0.3 is 0 Å². The van der Waals surface area contributed by atoms with Crippen LogP contribution in [0, 0.1) is 5.92 Å². The standard InChI is InChI=1S/C14H23NO2/c1-11(10-14-4-3-7-17-14)15-12(2)13-5-8-16-9-6-13/h3-4,7,11-13,15H,5-6,8-10H2,1-2H3. The van der Waals surface area contributed by atoms with Crippen LogP contribution in [0.4, 0.5) is 0 Å². The van der Waals surface area contributed by atoms with Crippen molar-refractivity contribution in [2.45, 2.75) is 45.2 Å². The van der Waals surface area contributed by atoms with Gasteiger partial charge in [0.05, 0.1) is 6.26 Å². The van der Waals surface area contributed by atoms with E-state index in [0.717, 1.165) is 31.3 Å². The van der Waals surface area contributed by atoms with E-state index in [1.54, 1.807) is 6.26 Å². The van der Waals surface area contributed by atoms with Gasteiger partial charge in [-0.3, -0.25) is 0 Å². The molecule has 0 aromatic carbocycles. The second-order valence-corrected chi connectivity index (χ2v) is 5.09. The van der Waals surface area contributed by atoms with Crippen LogP contribution < -0.4 is 5.32 Å². The Balaban J connectivity index is 1.75. The Morgan fingerprint density at radius 2 is 2.12 bits per heavy atom. The smallest absolute Gasteiger partial charge is 0.105 e. The van der Waals surface area contributed by atoms with E-state index in [1.807, 2.05) is 12.1 Å². The Hall–Kier alpha value is -0.800. The highest BCUT2D eigenvalue weighted by Crippen LogP contribution is 2.19. The van der Waals surface area contributed by atoms with Crippen LogP contribution in [0.3, 0.4) is 0 Å². The molecule has 0 aliphatic carbocycles. The molecular weight excluding hydrogens is 214 g/mol. The third kappa shape index (κ3) is 3.86. The Kier molecular flexibility index (Phi) is 4.63. The Labute approximate surface area is 104 Å². The lowest BCUT2D eigenvalue weighted by molar-refractivity contribution is 0.0546. The molecule has 1 aromatic rings. The summed E-state index contributed by atoms with van der Waals surface area (Å²) in [6, 6.07) is 5.00. The minimum atomic E-state index is 0.457. The molecule has 1 aliphatic heterocycles. The van der Waals surface area contributed by atoms with Gasteiger partial charge in [-0.1, -0.05) is 0 Å². The van der Waals surface area contributed by atoms with E-state index in [2.05, 4.69) is 19.2 Å². The zero-order valence-electron chi connectivity index (χ0n) is 10.8. The number of rotatable bonds is 5. The molecule has 3 nitrogen and oxygen atoms in total. The molecule has 2 atom stereocenters. The van der Waals surface area contributed by atoms with Crippen molar-refractivity contribution in [2.24, 2.45) is 5.92 Å². The van der Waals surface area contributed by atoms with Gasteiger partial charge < -0.3 is 14.5 Å². The predicted molar refractivity (Wildman–Crippen MR) is 68.0 cm³/mol. The van der Waals surface area contributed by atoms with Gasteiger partial charge in [0.15, 0.2) is 0 Å². The molecule has 1 N–H and O–H groups in total. The fourth-order valence-electron chi connectivity index (χ4n) is 2.59. The number of hydrogen-bond donors (Lipinski definition) is 1. The summed E-state index contributed by atoms with van der Waals surface area (Å²) < 4.78 is 10.8. The highest BCUT2D eigenvalue weighted by atomic mass is 16.5. The first-order valence-electron chi connectivity index (χ1n) is 6.62. The van der Waals surface area contributed by atoms with Crippen molar-refractivity contribution in [3.8, 4) is 0 Å². The number of ether oxygens (including phenoxy) is 1. The SMILES string of the molecule is CC(Cc1ccco1)NC(C)C1CCOCC1. The Morgan fingerprint density at radius 1 is 1.35 bits per heavy atom. The largest absolute Gasteiger partial charge is 0.469 e. The quantitative estimate of drug-likeness (QED) is 0.855. The fourth-order valence-corrected chi connectivity index (χ4v) is 2.59. The van der Waals surface area contributed by atoms with Crippen LogP contribution >= 0.6 is 0 Å². The van der Waals surface area contributed by atoms with E-state index in [-0.39, 0.29) is 0 Å². The molecule has 1 saturated heterocycles. The number of furan rings is 1. The third-order valence-corrected chi connectivity index (χ3v) is 3.61. The maximum Gasteiger partial charge on any atom is 0.105 e. The summed E-state index contributed by atoms with van der Waals surface area (Å²) in [5.41, 5.74) is 0. The molecule has 0 amide bonds. The first-order valence-corrected chi connectivity index (χ1v) is 6.62. The van der Waals surface area contributed by atoms with Gasteiger partial charge in [0.1, 0.15) is 5.76 Å². The molecule has 2 rings (SSSR count). The second kappa shape index (κ2) is 6.22. The van der Waals surface area contributed by atoms with Crippen molar-refractivity contribution in [3.05, 3.63) is 24.2 Å². The van der Waals surface area contributed by atoms with Gasteiger partial charge in [-0.05, 0) is 44.7 Å². The third-order valence-electron chi connectivity index (χ3n) is 3.61. The lowest BCUT2D eigenvalue weighted by Gasteiger charge is -2.30. The Bertz CT molecular complexity index is 304. The molecule has 2 unspecified atom stereocenters. The van der Waals surface area contributed by atoms with Gasteiger partial charge in [-0.2, -0.15) is 0 Å². The highest BCUT2D eigenvalue weighted by molar-refractivity contribution is 5.00. The van der Waals surface area contributed by atoms with E-state index in [4.69, 9.17) is 9.15 Å². The van der Waals surface area contributed by atoms with E-state index in [9.17, 15) is 0 Å². The maximum atomic E-state index is 5.40. The fraction of sp³-hybridized carbons (Fsp3) is 0.714. The average Bonchev–Trinajstić information content (AvgIpc) is 2.82. The van der Waals surface area contributed by atoms with Crippen LogP contribution in [0.2, 0.25) is 0 Å². The predicted octanol–water partition coefficient (Wildman–Crippen LogP) is 2.62. The van der Waals surface area contributed by atoms with Crippen LogP contribution in [0.1, 0.15) is 32.4 Å². The van der Waals surface area contributed by atoms with Crippen LogP contribution in [-0.2, 0) is 11.2 Å². The van der Waals surface area contributed by atoms with Gasteiger partial charge in [0, 0.05) is 31.7 Å². The lowest BCUT2D eigenvalue weighted by Crippen LogP contribution is -2.42. The molecule has 0 radical (unpaired) electrons. The summed E-state index contributed by atoms with van der Waals surface area (Å²) in [6.07, 6.45) is 5.06. The molecule has 2 heterocycles. The molecule has 0 saturated carbocycles. The van der Waals surface area contributed by atoms with E-state index in [1.165, 1.54) is 12.8 Å². The summed E-state index contributed by atoms with van der Waals surface area (Å²) in [4.78, 5) is 0. The first kappa shape index (κ1) is 12.7. The molecule has 17 heavy (non-hydrogen) atoms. The van der Waals surface area contributed by atoms with Crippen LogP contribution in [0.25, 0.3) is 0 Å². The summed E-state index contributed by atoms with van der Waals surface area (Å²) in [5, 5.41) is 3.67. The van der Waals surface area contributed by atoms with E-state index < -0.39 is 0 Å². The van der Waals surface area contributed by atoms with Gasteiger partial charge in [-0.15, -0.1) is 0 Å². The minimum Gasteiger partial charge on any atom is -0.469 e. The maximum absolute atomic E-state index is 5.40. The zero-order chi connectivity index (χ0) is 12.1. The number of hydrogen-bond acceptors (Lipinski definition) is 3. The van der Waals surface area contributed by atoms with Gasteiger partial charge in [0.25, 0.3) is 0 Å². The molecule has 1 aromatic heterocycles. The molecule has 3 heteroatoms. The zero-order valence-corrected chi connectivity index (χ0v) is 10.8. The van der Waals surface area contributed by atoms with Crippen LogP contribution in [0.15, 0.2) is 22.8 Å². The summed E-state index contributed by atoms with van der Waals surface area (Å²) >= 11 is 0. The second-order valence-electron chi connectivity index (χ2n) is 5.09. The first-order chi connectivity index (χ1) is 8.25. The molecule has 1 fully saturated rings. The molecular formula is C14H23NO2. The van der Waals surface area contributed by atoms with Crippen molar-refractivity contribution in [2.75, 3.05) is 13.2 Å². The topological polar surface area (TPSA) is 34.4 Å². The van der Waals surface area contributed by atoms with Crippen molar-refractivity contribution in [3.63, 3.8) is 0 Å². The van der Waals surface area contributed by atoms with Crippen molar-refractivity contribution >= 4 is 0 Å². The lowest BCUT2D eigenvalue weighted by atomic mass is 9.92. The molecule has 1 aliphatic rings.